The van der Waals surface area contributed by atoms with Gasteiger partial charge in [0.15, 0.2) is 0 Å². The lowest BCUT2D eigenvalue weighted by Crippen LogP contribution is -2.10. The van der Waals surface area contributed by atoms with Crippen molar-refractivity contribution >= 4 is 0 Å². The van der Waals surface area contributed by atoms with E-state index in [1.54, 1.807) is 0 Å². The van der Waals surface area contributed by atoms with E-state index in [-0.39, 0.29) is 0 Å². The van der Waals surface area contributed by atoms with Crippen molar-refractivity contribution in [1.82, 2.24) is 0 Å². The highest BCUT2D eigenvalue weighted by Crippen LogP contribution is 2.38. The average Bonchev–Trinajstić information content (AvgIpc) is 2.98. The predicted molar refractivity (Wildman–Crippen MR) is 177 cm³/mol. The number of benzene rings is 1. The fourth-order valence-electron chi connectivity index (χ4n) is 5.45. The van der Waals surface area contributed by atoms with E-state index in [1.165, 1.54) is 51.4 Å². The van der Waals surface area contributed by atoms with Crippen molar-refractivity contribution < 1.29 is 14.9 Å². The molecule has 0 fully saturated rings. The van der Waals surface area contributed by atoms with Crippen molar-refractivity contribution in [2.75, 3.05) is 6.61 Å². The summed E-state index contributed by atoms with van der Waals surface area (Å²) >= 11 is 0. The monoisotopic (exact) mass is 566 g/mol. The minimum absolute atomic E-state index is 0.592. The van der Waals surface area contributed by atoms with Crippen molar-refractivity contribution in [2.24, 2.45) is 0 Å². The van der Waals surface area contributed by atoms with E-state index in [2.05, 4.69) is 26.0 Å². The van der Waals surface area contributed by atoms with Crippen LogP contribution in [0.1, 0.15) is 177 Å². The smallest absolute Gasteiger partial charge is 0.130 e. The van der Waals surface area contributed by atoms with Crippen LogP contribution in [0, 0.1) is 12.3 Å². The summed E-state index contributed by atoms with van der Waals surface area (Å²) in [6.07, 6.45) is 33.2. The first kappa shape index (κ1) is 37.0. The van der Waals surface area contributed by atoms with Crippen LogP contribution in [0.4, 0.5) is 0 Å². The molecule has 1 rings (SSSR count). The summed E-state index contributed by atoms with van der Waals surface area (Å²) in [5.74, 6) is 3.39. The Morgan fingerprint density at radius 1 is 0.683 bits per heavy atom. The molecule has 0 heterocycles. The fourth-order valence-corrected chi connectivity index (χ4v) is 5.45. The van der Waals surface area contributed by atoms with Crippen molar-refractivity contribution in [2.45, 2.75) is 160 Å². The lowest BCUT2D eigenvalue weighted by atomic mass is 9.93. The van der Waals surface area contributed by atoms with E-state index in [4.69, 9.17) is 11.2 Å². The van der Waals surface area contributed by atoms with Gasteiger partial charge in [0.1, 0.15) is 5.75 Å². The van der Waals surface area contributed by atoms with Crippen LogP contribution in [0.3, 0.4) is 0 Å². The second-order valence-corrected chi connectivity index (χ2v) is 11.8. The Hall–Kier alpha value is -2.02. The van der Waals surface area contributed by atoms with Gasteiger partial charge >= 0.3 is 0 Å². The number of ether oxygens (including phenoxy) is 1. The number of terminal acetylenes is 1. The topological polar surface area (TPSA) is 49.7 Å². The second kappa shape index (κ2) is 25.7. The third-order valence-electron chi connectivity index (χ3n) is 8.05. The molecule has 232 valence electrons. The normalized spacial score (nSPS) is 12.5. The van der Waals surface area contributed by atoms with Crippen LogP contribution in [0.2, 0.25) is 0 Å². The Morgan fingerprint density at radius 2 is 1.10 bits per heavy atom. The summed E-state index contributed by atoms with van der Waals surface area (Å²) in [5, 5.41) is 22.5. The third kappa shape index (κ3) is 17.5. The highest BCUT2D eigenvalue weighted by molar-refractivity contribution is 5.51. The number of hydrogen-bond donors (Lipinski definition) is 2. The van der Waals surface area contributed by atoms with Crippen molar-refractivity contribution in [3.05, 3.63) is 54.1 Å². The lowest BCUT2D eigenvalue weighted by Gasteiger charge is -2.23. The maximum absolute atomic E-state index is 11.2. The van der Waals surface area contributed by atoms with Crippen LogP contribution in [-0.2, 0) is 0 Å². The Bertz CT molecular complexity index is 789. The largest absolute Gasteiger partial charge is 0.493 e. The Labute approximate surface area is 253 Å². The van der Waals surface area contributed by atoms with Crippen LogP contribution in [0.5, 0.6) is 5.75 Å². The van der Waals surface area contributed by atoms with Gasteiger partial charge in [-0.05, 0) is 57.1 Å². The number of unbranched alkanes of at least 4 members (excludes halogenated alkanes) is 17. The molecule has 0 spiro atoms. The standard InChI is InChI=1S/C38H62O3/c1-5-9-12-15-18-19-20-21-24-27-30-41-38-34(36(39)28-25-22-16-13-10-6-2)31-33(8-4)32-35(38)37(40)29-26-23-17-14-11-7-3/h4,6-7,31-32,36-37,39-40H,2-3,5,9-30H2,1H3. The molecule has 2 atom stereocenters. The Kier molecular flexibility index (Phi) is 23.2. The average molecular weight is 567 g/mol. The molecule has 0 bridgehead atoms. The molecule has 3 nitrogen and oxygen atoms in total. The Morgan fingerprint density at radius 3 is 1.54 bits per heavy atom. The molecule has 0 aliphatic heterocycles. The van der Waals surface area contributed by atoms with Gasteiger partial charge in [0.05, 0.1) is 18.8 Å². The maximum atomic E-state index is 11.2. The van der Waals surface area contributed by atoms with E-state index in [1.807, 2.05) is 24.3 Å². The molecule has 0 saturated heterocycles. The van der Waals surface area contributed by atoms with Gasteiger partial charge in [0, 0.05) is 16.7 Å². The molecule has 2 unspecified atom stereocenters. The molecule has 0 aliphatic rings. The van der Waals surface area contributed by atoms with E-state index < -0.39 is 12.2 Å². The first-order valence-electron chi connectivity index (χ1n) is 16.9. The molecule has 2 N–H and O–H groups in total. The quantitative estimate of drug-likeness (QED) is 0.0602. The molecule has 3 heteroatoms. The van der Waals surface area contributed by atoms with E-state index in [0.717, 1.165) is 88.2 Å². The first-order valence-corrected chi connectivity index (χ1v) is 16.9. The SMILES string of the molecule is C#Cc1cc(C(O)CCCCCCC=C)c(OCCCCCCCCCCCC)c(C(O)CCCCCCC=C)c1. The summed E-state index contributed by atoms with van der Waals surface area (Å²) in [6, 6.07) is 3.78. The molecule has 0 saturated carbocycles. The first-order chi connectivity index (χ1) is 20.1. The highest BCUT2D eigenvalue weighted by atomic mass is 16.5. The lowest BCUT2D eigenvalue weighted by molar-refractivity contribution is 0.145. The van der Waals surface area contributed by atoms with Crippen LogP contribution in [0.15, 0.2) is 37.4 Å². The number of allylic oxidation sites excluding steroid dienone is 2. The van der Waals surface area contributed by atoms with Gasteiger partial charge in [-0.1, -0.05) is 121 Å². The van der Waals surface area contributed by atoms with Gasteiger partial charge in [0.2, 0.25) is 0 Å². The zero-order chi connectivity index (χ0) is 30.0. The zero-order valence-corrected chi connectivity index (χ0v) is 26.5. The molecular formula is C38H62O3. The van der Waals surface area contributed by atoms with Crippen molar-refractivity contribution in [3.8, 4) is 18.1 Å². The number of rotatable bonds is 28. The van der Waals surface area contributed by atoms with E-state index in [0.29, 0.717) is 30.8 Å². The van der Waals surface area contributed by atoms with Crippen LogP contribution in [0.25, 0.3) is 0 Å². The van der Waals surface area contributed by atoms with Gasteiger partial charge in [-0.2, -0.15) is 0 Å². The van der Waals surface area contributed by atoms with Gasteiger partial charge in [-0.15, -0.1) is 19.6 Å². The van der Waals surface area contributed by atoms with Gasteiger partial charge < -0.3 is 14.9 Å². The molecule has 1 aromatic rings. The van der Waals surface area contributed by atoms with E-state index >= 15 is 0 Å². The predicted octanol–water partition coefficient (Wildman–Crippen LogP) is 11.1. The number of hydrogen-bond acceptors (Lipinski definition) is 3. The summed E-state index contributed by atoms with van der Waals surface area (Å²) in [4.78, 5) is 0. The number of aliphatic hydroxyl groups excluding tert-OH is 2. The maximum Gasteiger partial charge on any atom is 0.130 e. The summed E-state index contributed by atoms with van der Waals surface area (Å²) in [5.41, 5.74) is 2.16. The van der Waals surface area contributed by atoms with Gasteiger partial charge in [-0.25, -0.2) is 0 Å². The van der Waals surface area contributed by atoms with Gasteiger partial charge in [-0.3, -0.25) is 0 Å². The van der Waals surface area contributed by atoms with Crippen LogP contribution in [-0.4, -0.2) is 16.8 Å². The van der Waals surface area contributed by atoms with Crippen LogP contribution < -0.4 is 4.74 Å². The zero-order valence-electron chi connectivity index (χ0n) is 26.5. The van der Waals surface area contributed by atoms with E-state index in [9.17, 15) is 10.2 Å². The van der Waals surface area contributed by atoms with Crippen molar-refractivity contribution in [3.63, 3.8) is 0 Å². The Balaban J connectivity index is 2.81. The molecule has 0 amide bonds. The van der Waals surface area contributed by atoms with Gasteiger partial charge in [0.25, 0.3) is 0 Å². The second-order valence-electron chi connectivity index (χ2n) is 11.8. The fraction of sp³-hybridized carbons (Fsp3) is 0.684. The van der Waals surface area contributed by atoms with Crippen molar-refractivity contribution in [1.29, 1.82) is 0 Å². The molecule has 1 aromatic carbocycles. The highest BCUT2D eigenvalue weighted by Gasteiger charge is 2.22. The summed E-state index contributed by atoms with van der Waals surface area (Å²) < 4.78 is 6.39. The molecule has 41 heavy (non-hydrogen) atoms. The molecule has 0 aromatic heterocycles. The van der Waals surface area contributed by atoms with Crippen LogP contribution >= 0.6 is 0 Å². The molecule has 0 radical (unpaired) electrons. The summed E-state index contributed by atoms with van der Waals surface area (Å²) in [6.45, 7) is 10.4. The summed E-state index contributed by atoms with van der Waals surface area (Å²) in [7, 11) is 0. The number of aliphatic hydroxyl groups is 2. The molecular weight excluding hydrogens is 504 g/mol. The minimum Gasteiger partial charge on any atom is -0.493 e. The third-order valence-corrected chi connectivity index (χ3v) is 8.05. The minimum atomic E-state index is -0.657. The molecule has 0 aliphatic carbocycles.